The first-order chi connectivity index (χ1) is 15.0. The van der Waals surface area contributed by atoms with Crippen molar-refractivity contribution in [2.75, 3.05) is 27.4 Å². The second-order valence-corrected chi connectivity index (χ2v) is 6.68. The Morgan fingerprint density at radius 1 is 1.13 bits per heavy atom. The van der Waals surface area contributed by atoms with E-state index in [0.717, 1.165) is 5.56 Å². The smallest absolute Gasteiger partial charge is 0.315 e. The van der Waals surface area contributed by atoms with Crippen LogP contribution in [0.25, 0.3) is 0 Å². The number of carbonyl (C=O) groups is 1. The molecule has 0 saturated heterocycles. The van der Waals surface area contributed by atoms with E-state index in [1.165, 1.54) is 12.1 Å². The van der Waals surface area contributed by atoms with Crippen molar-refractivity contribution < 1.29 is 23.4 Å². The average molecular weight is 428 g/mol. The minimum Gasteiger partial charge on any atom is -0.497 e. The van der Waals surface area contributed by atoms with Crippen molar-refractivity contribution in [3.05, 3.63) is 72.1 Å². The van der Waals surface area contributed by atoms with E-state index in [-0.39, 0.29) is 19.0 Å². The highest BCUT2D eigenvalue weighted by atomic mass is 19.1. The number of ether oxygens (including phenoxy) is 3. The molecular formula is C22H25FN4O4. The summed E-state index contributed by atoms with van der Waals surface area (Å²) in [5, 5.41) is 5.66. The third kappa shape index (κ3) is 5.88. The highest BCUT2D eigenvalue weighted by molar-refractivity contribution is 5.75. The number of hydrogen-bond acceptors (Lipinski definition) is 5. The summed E-state index contributed by atoms with van der Waals surface area (Å²) in [6.07, 6.45) is 3.46. The highest BCUT2D eigenvalue weighted by Crippen LogP contribution is 2.29. The summed E-state index contributed by atoms with van der Waals surface area (Å²) in [7, 11) is 4.97. The van der Waals surface area contributed by atoms with Gasteiger partial charge in [0, 0.05) is 31.6 Å². The van der Waals surface area contributed by atoms with Gasteiger partial charge in [-0.2, -0.15) is 0 Å². The number of imidazole rings is 1. The molecule has 0 radical (unpaired) electrons. The van der Waals surface area contributed by atoms with Crippen LogP contribution in [0.3, 0.4) is 0 Å². The van der Waals surface area contributed by atoms with Gasteiger partial charge in [-0.3, -0.25) is 0 Å². The van der Waals surface area contributed by atoms with Gasteiger partial charge in [-0.15, -0.1) is 0 Å². The molecule has 0 saturated carbocycles. The summed E-state index contributed by atoms with van der Waals surface area (Å²) >= 11 is 0. The number of urea groups is 1. The van der Waals surface area contributed by atoms with E-state index in [0.29, 0.717) is 23.1 Å². The van der Waals surface area contributed by atoms with Crippen LogP contribution in [0.4, 0.5) is 9.18 Å². The lowest BCUT2D eigenvalue weighted by Crippen LogP contribution is -2.40. The number of aryl methyl sites for hydroxylation is 1. The number of benzene rings is 2. The maximum atomic E-state index is 13.2. The second-order valence-electron chi connectivity index (χ2n) is 6.68. The molecule has 31 heavy (non-hydrogen) atoms. The van der Waals surface area contributed by atoms with E-state index in [1.54, 1.807) is 44.8 Å². The third-order valence-electron chi connectivity index (χ3n) is 4.55. The van der Waals surface area contributed by atoms with Gasteiger partial charge in [0.05, 0.1) is 20.8 Å². The monoisotopic (exact) mass is 428 g/mol. The van der Waals surface area contributed by atoms with Crippen LogP contribution >= 0.6 is 0 Å². The van der Waals surface area contributed by atoms with Crippen molar-refractivity contribution in [3.63, 3.8) is 0 Å². The fourth-order valence-corrected chi connectivity index (χ4v) is 3.02. The molecule has 2 aromatic carbocycles. The van der Waals surface area contributed by atoms with Crippen molar-refractivity contribution in [1.29, 1.82) is 0 Å². The Morgan fingerprint density at radius 2 is 1.87 bits per heavy atom. The summed E-state index contributed by atoms with van der Waals surface area (Å²) in [5.74, 6) is 1.85. The quantitative estimate of drug-likeness (QED) is 0.512. The first-order valence-corrected chi connectivity index (χ1v) is 9.63. The molecule has 1 aromatic heterocycles. The van der Waals surface area contributed by atoms with E-state index in [2.05, 4.69) is 15.6 Å². The van der Waals surface area contributed by atoms with Gasteiger partial charge in [0.25, 0.3) is 0 Å². The van der Waals surface area contributed by atoms with Gasteiger partial charge in [0.15, 0.2) is 0 Å². The first-order valence-electron chi connectivity index (χ1n) is 9.63. The van der Waals surface area contributed by atoms with Crippen molar-refractivity contribution in [3.8, 4) is 17.2 Å². The molecule has 3 rings (SSSR count). The lowest BCUT2D eigenvalue weighted by atomic mass is 10.1. The number of methoxy groups -OCH3 is 2. The van der Waals surface area contributed by atoms with Gasteiger partial charge in [-0.25, -0.2) is 14.2 Å². The molecular weight excluding hydrogens is 403 g/mol. The molecule has 1 atom stereocenters. The van der Waals surface area contributed by atoms with Crippen molar-refractivity contribution in [2.45, 2.75) is 6.04 Å². The molecule has 0 bridgehead atoms. The summed E-state index contributed by atoms with van der Waals surface area (Å²) in [4.78, 5) is 16.9. The van der Waals surface area contributed by atoms with E-state index in [9.17, 15) is 9.18 Å². The maximum absolute atomic E-state index is 13.2. The Balaban J connectivity index is 1.68. The zero-order valence-electron chi connectivity index (χ0n) is 17.6. The zero-order chi connectivity index (χ0) is 22.2. The van der Waals surface area contributed by atoms with Crippen LogP contribution in [0, 0.1) is 5.82 Å². The summed E-state index contributed by atoms with van der Waals surface area (Å²) in [6.45, 7) is 0.425. The van der Waals surface area contributed by atoms with Gasteiger partial charge in [-0.1, -0.05) is 6.07 Å². The van der Waals surface area contributed by atoms with Gasteiger partial charge in [-0.05, 0) is 29.8 Å². The number of halogens is 1. The molecule has 2 N–H and O–H groups in total. The van der Waals surface area contributed by atoms with Crippen LogP contribution in [0.2, 0.25) is 0 Å². The van der Waals surface area contributed by atoms with E-state index in [1.807, 2.05) is 23.7 Å². The fraction of sp³-hybridized carbons (Fsp3) is 0.273. The van der Waals surface area contributed by atoms with Crippen LogP contribution in [-0.2, 0) is 7.05 Å². The second kappa shape index (κ2) is 10.3. The molecule has 0 aliphatic rings. The number of aromatic nitrogens is 2. The Bertz CT molecular complexity index is 1000. The molecule has 0 spiro atoms. The molecule has 8 nitrogen and oxygen atoms in total. The van der Waals surface area contributed by atoms with Crippen LogP contribution in [0.1, 0.15) is 17.4 Å². The summed E-state index contributed by atoms with van der Waals surface area (Å²) < 4.78 is 31.2. The number of nitrogens with one attached hydrogen (secondary N) is 2. The SMILES string of the molecule is COc1cc(OC)cc(C(NC(=O)NCCOc2cccc(F)c2)c2nccn2C)c1. The normalized spacial score (nSPS) is 11.5. The lowest BCUT2D eigenvalue weighted by Gasteiger charge is -2.21. The average Bonchev–Trinajstić information content (AvgIpc) is 3.20. The molecule has 3 aromatic rings. The minimum atomic E-state index is -0.548. The van der Waals surface area contributed by atoms with E-state index in [4.69, 9.17) is 14.2 Å². The van der Waals surface area contributed by atoms with Crippen molar-refractivity contribution in [1.82, 2.24) is 20.2 Å². The number of amides is 2. The Morgan fingerprint density at radius 3 is 2.48 bits per heavy atom. The molecule has 1 heterocycles. The Kier molecular flexibility index (Phi) is 7.31. The van der Waals surface area contributed by atoms with Crippen LogP contribution in [0.5, 0.6) is 17.2 Å². The molecule has 9 heteroatoms. The highest BCUT2D eigenvalue weighted by Gasteiger charge is 2.22. The van der Waals surface area contributed by atoms with Crippen LogP contribution in [0.15, 0.2) is 54.9 Å². The van der Waals surface area contributed by atoms with Gasteiger partial charge in [0.1, 0.15) is 41.5 Å². The first kappa shape index (κ1) is 21.9. The number of rotatable bonds is 9. The van der Waals surface area contributed by atoms with Gasteiger partial charge in [0.2, 0.25) is 0 Å². The van der Waals surface area contributed by atoms with Crippen LogP contribution < -0.4 is 24.8 Å². The zero-order valence-corrected chi connectivity index (χ0v) is 17.6. The van der Waals surface area contributed by atoms with Gasteiger partial charge >= 0.3 is 6.03 Å². The topological polar surface area (TPSA) is 86.6 Å². The predicted octanol–water partition coefficient (Wildman–Crippen LogP) is 3.04. The summed E-state index contributed by atoms with van der Waals surface area (Å²) in [5.41, 5.74) is 0.747. The van der Waals surface area contributed by atoms with Crippen molar-refractivity contribution >= 4 is 6.03 Å². The standard InChI is InChI=1S/C22H25FN4O4/c1-27-9-7-24-21(27)20(15-11-18(29-2)14-19(12-15)30-3)26-22(28)25-8-10-31-17-6-4-5-16(23)13-17/h4-7,9,11-14,20H,8,10H2,1-3H3,(H2,25,26,28). The molecule has 1 unspecified atom stereocenters. The predicted molar refractivity (Wildman–Crippen MR) is 113 cm³/mol. The number of hydrogen-bond donors (Lipinski definition) is 2. The van der Waals surface area contributed by atoms with Crippen LogP contribution in [-0.4, -0.2) is 43.0 Å². The molecule has 0 fully saturated rings. The van der Waals surface area contributed by atoms with E-state index < -0.39 is 12.1 Å². The Labute approximate surface area is 180 Å². The molecule has 164 valence electrons. The maximum Gasteiger partial charge on any atom is 0.315 e. The Hall–Kier alpha value is -3.75. The van der Waals surface area contributed by atoms with Crippen molar-refractivity contribution in [2.24, 2.45) is 7.05 Å². The number of carbonyl (C=O) groups excluding carboxylic acids is 1. The molecule has 2 amide bonds. The molecule has 0 aliphatic carbocycles. The third-order valence-corrected chi connectivity index (χ3v) is 4.55. The fourth-order valence-electron chi connectivity index (χ4n) is 3.02. The van der Waals surface area contributed by atoms with Gasteiger partial charge < -0.3 is 29.4 Å². The van der Waals surface area contributed by atoms with E-state index >= 15 is 0 Å². The minimum absolute atomic E-state index is 0.191. The number of nitrogens with zero attached hydrogens (tertiary/aromatic N) is 2. The molecule has 0 aliphatic heterocycles. The summed E-state index contributed by atoms with van der Waals surface area (Å²) in [6, 6.07) is 10.3. The largest absolute Gasteiger partial charge is 0.497 e. The lowest BCUT2D eigenvalue weighted by molar-refractivity contribution is 0.233.